The third-order valence-corrected chi connectivity index (χ3v) is 4.43. The molecule has 0 amide bonds. The molecule has 0 saturated heterocycles. The van der Waals surface area contributed by atoms with Gasteiger partial charge in [-0.1, -0.05) is 37.3 Å². The first-order valence-electron chi connectivity index (χ1n) is 5.06. The Labute approximate surface area is 91.6 Å². The molecule has 1 aromatic carbocycles. The number of benzene rings is 1. The van der Waals surface area contributed by atoms with Gasteiger partial charge in [0, 0.05) is 0 Å². The van der Waals surface area contributed by atoms with Crippen LogP contribution in [0.15, 0.2) is 30.3 Å². The molecule has 4 heteroatoms. The summed E-state index contributed by atoms with van der Waals surface area (Å²) in [5, 5.41) is -0.343. The minimum atomic E-state index is -3.16. The van der Waals surface area contributed by atoms with Crippen molar-refractivity contribution in [3.63, 3.8) is 0 Å². The second kappa shape index (κ2) is 5.28. The Balaban J connectivity index is 2.80. The third-order valence-electron chi connectivity index (χ3n) is 2.48. The Hall–Kier alpha value is -0.870. The van der Waals surface area contributed by atoms with Gasteiger partial charge in [0.1, 0.15) is 0 Å². The average Bonchev–Trinajstić information content (AvgIpc) is 2.27. The Morgan fingerprint density at radius 3 is 2.33 bits per heavy atom. The molecule has 0 aliphatic heterocycles. The first kappa shape index (κ1) is 12.2. The quantitative estimate of drug-likeness (QED) is 0.829. The molecule has 84 valence electrons. The van der Waals surface area contributed by atoms with E-state index in [1.165, 1.54) is 7.05 Å². The normalized spacial score (nSPS) is 13.7. The molecule has 1 N–H and O–H groups in total. The maximum absolute atomic E-state index is 11.6. The molecule has 0 radical (unpaired) electrons. The Bertz CT molecular complexity index is 386. The van der Waals surface area contributed by atoms with E-state index in [9.17, 15) is 8.42 Å². The van der Waals surface area contributed by atoms with E-state index in [0.29, 0.717) is 12.8 Å². The molecule has 0 unspecified atom stereocenters. The number of hydrogen-bond acceptors (Lipinski definition) is 2. The highest BCUT2D eigenvalue weighted by atomic mass is 32.2. The maximum atomic E-state index is 11.6. The second-order valence-corrected chi connectivity index (χ2v) is 5.63. The van der Waals surface area contributed by atoms with Gasteiger partial charge in [0.15, 0.2) is 0 Å². The summed E-state index contributed by atoms with van der Waals surface area (Å²) in [6, 6.07) is 9.68. The zero-order chi connectivity index (χ0) is 11.3. The Morgan fingerprint density at radius 1 is 1.27 bits per heavy atom. The van der Waals surface area contributed by atoms with Crippen LogP contribution in [0.2, 0.25) is 0 Å². The summed E-state index contributed by atoms with van der Waals surface area (Å²) >= 11 is 0. The largest absolute Gasteiger partial charge is 0.218 e. The van der Waals surface area contributed by atoms with Crippen LogP contribution in [-0.2, 0) is 16.4 Å². The van der Waals surface area contributed by atoms with E-state index in [-0.39, 0.29) is 5.25 Å². The lowest BCUT2D eigenvalue weighted by molar-refractivity contribution is 0.565. The van der Waals surface area contributed by atoms with Crippen molar-refractivity contribution in [3.05, 3.63) is 35.9 Å². The van der Waals surface area contributed by atoms with Crippen molar-refractivity contribution in [2.45, 2.75) is 25.0 Å². The molecule has 0 saturated carbocycles. The standard InChI is InChI=1S/C11H17NO2S/c1-3-11(15(13,14)12-2)9-10-7-5-4-6-8-10/h4-8,11-12H,3,9H2,1-2H3/t11-/m0/s1. The topological polar surface area (TPSA) is 46.2 Å². The first-order chi connectivity index (χ1) is 7.10. The summed E-state index contributed by atoms with van der Waals surface area (Å²) in [5.41, 5.74) is 1.06. The zero-order valence-corrected chi connectivity index (χ0v) is 9.92. The average molecular weight is 227 g/mol. The molecule has 1 aromatic rings. The van der Waals surface area contributed by atoms with E-state index in [4.69, 9.17) is 0 Å². The molecule has 0 bridgehead atoms. The lowest BCUT2D eigenvalue weighted by atomic mass is 10.1. The fourth-order valence-electron chi connectivity index (χ4n) is 1.52. The molecular weight excluding hydrogens is 210 g/mol. The van der Waals surface area contributed by atoms with Gasteiger partial charge in [-0.2, -0.15) is 0 Å². The van der Waals surface area contributed by atoms with Crippen LogP contribution in [0.3, 0.4) is 0 Å². The molecule has 15 heavy (non-hydrogen) atoms. The van der Waals surface area contributed by atoms with Crippen LogP contribution in [-0.4, -0.2) is 20.7 Å². The highest BCUT2D eigenvalue weighted by molar-refractivity contribution is 7.90. The van der Waals surface area contributed by atoms with Gasteiger partial charge in [-0.05, 0) is 25.5 Å². The zero-order valence-electron chi connectivity index (χ0n) is 9.10. The van der Waals surface area contributed by atoms with Gasteiger partial charge in [0.2, 0.25) is 10.0 Å². The van der Waals surface area contributed by atoms with E-state index in [2.05, 4.69) is 4.72 Å². The summed E-state index contributed by atoms with van der Waals surface area (Å²) in [7, 11) is -1.70. The molecule has 1 atom stereocenters. The minimum absolute atomic E-state index is 0.343. The second-order valence-electron chi connectivity index (χ2n) is 3.47. The minimum Gasteiger partial charge on any atom is -0.218 e. The molecule has 0 fully saturated rings. The Kier molecular flexibility index (Phi) is 4.29. The van der Waals surface area contributed by atoms with E-state index >= 15 is 0 Å². The van der Waals surface area contributed by atoms with Crippen LogP contribution >= 0.6 is 0 Å². The van der Waals surface area contributed by atoms with Gasteiger partial charge < -0.3 is 0 Å². The van der Waals surface area contributed by atoms with Crippen molar-refractivity contribution in [1.82, 2.24) is 4.72 Å². The number of nitrogens with one attached hydrogen (secondary N) is 1. The van der Waals surface area contributed by atoms with Crippen LogP contribution in [0, 0.1) is 0 Å². The van der Waals surface area contributed by atoms with Gasteiger partial charge in [-0.3, -0.25) is 0 Å². The molecule has 1 rings (SSSR count). The lowest BCUT2D eigenvalue weighted by Crippen LogP contribution is -2.32. The highest BCUT2D eigenvalue weighted by Crippen LogP contribution is 2.11. The van der Waals surface area contributed by atoms with E-state index < -0.39 is 10.0 Å². The summed E-state index contributed by atoms with van der Waals surface area (Å²) < 4.78 is 25.6. The molecule has 0 spiro atoms. The van der Waals surface area contributed by atoms with Crippen molar-refractivity contribution in [3.8, 4) is 0 Å². The van der Waals surface area contributed by atoms with Crippen molar-refractivity contribution in [2.75, 3.05) is 7.05 Å². The van der Waals surface area contributed by atoms with Gasteiger partial charge in [0.25, 0.3) is 0 Å². The summed E-state index contributed by atoms with van der Waals surface area (Å²) in [5.74, 6) is 0. The molecule has 3 nitrogen and oxygen atoms in total. The van der Waals surface area contributed by atoms with Crippen LogP contribution in [0.25, 0.3) is 0 Å². The Morgan fingerprint density at radius 2 is 1.87 bits per heavy atom. The lowest BCUT2D eigenvalue weighted by Gasteiger charge is -2.14. The van der Waals surface area contributed by atoms with E-state index in [0.717, 1.165) is 5.56 Å². The fourth-order valence-corrected chi connectivity index (χ4v) is 2.70. The molecule has 0 aromatic heterocycles. The van der Waals surface area contributed by atoms with Crippen LogP contribution < -0.4 is 4.72 Å². The van der Waals surface area contributed by atoms with Crippen molar-refractivity contribution in [2.24, 2.45) is 0 Å². The van der Waals surface area contributed by atoms with Gasteiger partial charge in [-0.25, -0.2) is 13.1 Å². The van der Waals surface area contributed by atoms with Crippen LogP contribution in [0.4, 0.5) is 0 Å². The van der Waals surface area contributed by atoms with Gasteiger partial charge in [0.05, 0.1) is 5.25 Å². The van der Waals surface area contributed by atoms with Crippen molar-refractivity contribution < 1.29 is 8.42 Å². The summed E-state index contributed by atoms with van der Waals surface area (Å²) in [6.45, 7) is 1.89. The van der Waals surface area contributed by atoms with Gasteiger partial charge in [-0.15, -0.1) is 0 Å². The van der Waals surface area contributed by atoms with E-state index in [1.54, 1.807) is 0 Å². The SMILES string of the molecule is CC[C@@H](Cc1ccccc1)S(=O)(=O)NC. The third kappa shape index (κ3) is 3.32. The first-order valence-corrected chi connectivity index (χ1v) is 6.61. The van der Waals surface area contributed by atoms with Gasteiger partial charge >= 0.3 is 0 Å². The number of sulfonamides is 1. The summed E-state index contributed by atoms with van der Waals surface area (Å²) in [6.07, 6.45) is 1.19. The van der Waals surface area contributed by atoms with E-state index in [1.807, 2.05) is 37.3 Å². The monoisotopic (exact) mass is 227 g/mol. The molecule has 0 aliphatic carbocycles. The van der Waals surface area contributed by atoms with Crippen LogP contribution in [0.5, 0.6) is 0 Å². The predicted molar refractivity (Wildman–Crippen MR) is 62.2 cm³/mol. The molecule has 0 aliphatic rings. The van der Waals surface area contributed by atoms with Crippen molar-refractivity contribution >= 4 is 10.0 Å². The van der Waals surface area contributed by atoms with Crippen molar-refractivity contribution in [1.29, 1.82) is 0 Å². The fraction of sp³-hybridized carbons (Fsp3) is 0.455. The smallest absolute Gasteiger partial charge is 0.214 e. The summed E-state index contributed by atoms with van der Waals surface area (Å²) in [4.78, 5) is 0. The highest BCUT2D eigenvalue weighted by Gasteiger charge is 2.21. The van der Waals surface area contributed by atoms with Crippen LogP contribution in [0.1, 0.15) is 18.9 Å². The number of rotatable bonds is 5. The molecule has 0 heterocycles. The molecular formula is C11H17NO2S. The predicted octanol–water partition coefficient (Wildman–Crippen LogP) is 1.56. The maximum Gasteiger partial charge on any atom is 0.214 e. The number of hydrogen-bond donors (Lipinski definition) is 1.